The Morgan fingerprint density at radius 1 is 1.89 bits per heavy atom. The van der Waals surface area contributed by atoms with Crippen molar-refractivity contribution in [1.29, 1.82) is 0 Å². The van der Waals surface area contributed by atoms with Gasteiger partial charge in [0.15, 0.2) is 0 Å². The van der Waals surface area contributed by atoms with Crippen LogP contribution >= 0.6 is 12.6 Å². The lowest BCUT2D eigenvalue weighted by atomic mass is 10.4. The first-order chi connectivity index (χ1) is 3.98. The summed E-state index contributed by atoms with van der Waals surface area (Å²) in [6.45, 7) is 3.18. The minimum Gasteiger partial charge on any atom is -0.463 e. The summed E-state index contributed by atoms with van der Waals surface area (Å²) in [5.74, 6) is -0.715. The van der Waals surface area contributed by atoms with E-state index in [1.165, 1.54) is 6.92 Å². The smallest absolute Gasteiger partial charge is 0.348 e. The van der Waals surface area contributed by atoms with Gasteiger partial charge < -0.3 is 9.84 Å². The van der Waals surface area contributed by atoms with E-state index in [9.17, 15) is 4.79 Å². The number of esters is 1. The van der Waals surface area contributed by atoms with E-state index in [-0.39, 0.29) is 6.61 Å². The summed E-state index contributed by atoms with van der Waals surface area (Å²) in [7, 11) is 0. The van der Waals surface area contributed by atoms with Crippen LogP contribution in [0.1, 0.15) is 13.8 Å². The molecule has 0 fully saturated rings. The van der Waals surface area contributed by atoms with Crippen LogP contribution in [0.25, 0.3) is 0 Å². The standard InChI is InChI=1S/C5H10O3S/c1-3-8-4(6)5(2,7)9/h7,9H,3H2,1-2H3. The molecule has 54 valence electrons. The molecule has 0 saturated carbocycles. The molecule has 0 aliphatic heterocycles. The summed E-state index contributed by atoms with van der Waals surface area (Å²) in [6.07, 6.45) is 0. The number of carbonyl (C=O) groups is 1. The van der Waals surface area contributed by atoms with E-state index in [2.05, 4.69) is 17.4 Å². The van der Waals surface area contributed by atoms with Crippen molar-refractivity contribution >= 4 is 18.6 Å². The van der Waals surface area contributed by atoms with Gasteiger partial charge in [-0.15, -0.1) is 12.6 Å². The predicted octanol–water partition coefficient (Wildman–Crippen LogP) is 0.188. The van der Waals surface area contributed by atoms with Gasteiger partial charge in [0, 0.05) is 0 Å². The van der Waals surface area contributed by atoms with Crippen LogP contribution in [0.2, 0.25) is 0 Å². The first kappa shape index (κ1) is 8.78. The third-order valence-electron chi connectivity index (χ3n) is 0.662. The lowest BCUT2D eigenvalue weighted by molar-refractivity contribution is -0.154. The average molecular weight is 150 g/mol. The Morgan fingerprint density at radius 2 is 2.33 bits per heavy atom. The van der Waals surface area contributed by atoms with Gasteiger partial charge in [0.1, 0.15) is 0 Å². The van der Waals surface area contributed by atoms with E-state index in [4.69, 9.17) is 5.11 Å². The molecule has 0 aliphatic rings. The monoisotopic (exact) mass is 150 g/mol. The molecule has 0 radical (unpaired) electrons. The van der Waals surface area contributed by atoms with Crippen LogP contribution in [0.4, 0.5) is 0 Å². The minimum atomic E-state index is -1.66. The number of rotatable bonds is 2. The fourth-order valence-corrected chi connectivity index (χ4v) is 0.332. The van der Waals surface area contributed by atoms with Gasteiger partial charge in [0.2, 0.25) is 4.93 Å². The van der Waals surface area contributed by atoms with Crippen LogP contribution in [0.5, 0.6) is 0 Å². The zero-order valence-corrected chi connectivity index (χ0v) is 6.31. The largest absolute Gasteiger partial charge is 0.463 e. The summed E-state index contributed by atoms with van der Waals surface area (Å²) >= 11 is 3.56. The number of aliphatic hydroxyl groups is 1. The Balaban J connectivity index is 3.74. The second-order valence-corrected chi connectivity index (χ2v) is 2.61. The quantitative estimate of drug-likeness (QED) is 0.335. The summed E-state index contributed by atoms with van der Waals surface area (Å²) < 4.78 is 4.44. The molecule has 0 spiro atoms. The summed E-state index contributed by atoms with van der Waals surface area (Å²) in [5.41, 5.74) is 0. The van der Waals surface area contributed by atoms with Gasteiger partial charge in [-0.05, 0) is 13.8 Å². The van der Waals surface area contributed by atoms with Crippen molar-refractivity contribution < 1.29 is 14.6 Å². The molecule has 0 heterocycles. The number of hydrogen-bond donors (Lipinski definition) is 2. The molecule has 0 amide bonds. The van der Waals surface area contributed by atoms with Crippen molar-refractivity contribution in [2.45, 2.75) is 18.8 Å². The molecule has 1 unspecified atom stereocenters. The molecule has 0 bridgehead atoms. The van der Waals surface area contributed by atoms with E-state index < -0.39 is 10.9 Å². The van der Waals surface area contributed by atoms with Gasteiger partial charge in [-0.2, -0.15) is 0 Å². The summed E-state index contributed by atoms with van der Waals surface area (Å²) in [4.78, 5) is 8.86. The molecule has 9 heavy (non-hydrogen) atoms. The van der Waals surface area contributed by atoms with Crippen LogP contribution in [-0.2, 0) is 9.53 Å². The van der Waals surface area contributed by atoms with Gasteiger partial charge in [0.25, 0.3) is 0 Å². The maximum atomic E-state index is 10.5. The minimum absolute atomic E-state index is 0.259. The Hall–Kier alpha value is -0.220. The molecular formula is C5H10O3S. The molecule has 0 aromatic rings. The third kappa shape index (κ3) is 3.37. The highest BCUT2D eigenvalue weighted by atomic mass is 32.1. The highest BCUT2D eigenvalue weighted by Crippen LogP contribution is 2.09. The van der Waals surface area contributed by atoms with E-state index in [0.29, 0.717) is 0 Å². The Labute approximate surface area is 59.4 Å². The molecule has 0 saturated heterocycles. The number of carbonyl (C=O) groups excluding carboxylic acids is 1. The van der Waals surface area contributed by atoms with Crippen molar-refractivity contribution in [3.05, 3.63) is 0 Å². The van der Waals surface area contributed by atoms with Crippen molar-refractivity contribution in [1.82, 2.24) is 0 Å². The fraction of sp³-hybridized carbons (Fsp3) is 0.800. The van der Waals surface area contributed by atoms with Crippen LogP contribution in [0.3, 0.4) is 0 Å². The predicted molar refractivity (Wildman–Crippen MR) is 36.2 cm³/mol. The summed E-state index contributed by atoms with van der Waals surface area (Å²) in [5, 5.41) is 8.81. The zero-order valence-electron chi connectivity index (χ0n) is 5.42. The van der Waals surface area contributed by atoms with Gasteiger partial charge in [-0.1, -0.05) is 0 Å². The van der Waals surface area contributed by atoms with E-state index in [1.807, 2.05) is 0 Å². The highest BCUT2D eigenvalue weighted by molar-refractivity contribution is 7.82. The van der Waals surface area contributed by atoms with E-state index in [1.54, 1.807) is 6.92 Å². The average Bonchev–Trinajstić information content (AvgIpc) is 1.64. The molecule has 0 aliphatic carbocycles. The fourth-order valence-electron chi connectivity index (χ4n) is 0.268. The lowest BCUT2D eigenvalue weighted by Gasteiger charge is -2.12. The van der Waals surface area contributed by atoms with Crippen molar-refractivity contribution in [2.75, 3.05) is 6.61 Å². The normalized spacial score (nSPS) is 16.4. The molecule has 1 atom stereocenters. The molecule has 0 aromatic heterocycles. The first-order valence-electron chi connectivity index (χ1n) is 2.60. The number of ether oxygens (including phenoxy) is 1. The molecule has 4 heteroatoms. The molecular weight excluding hydrogens is 140 g/mol. The van der Waals surface area contributed by atoms with E-state index in [0.717, 1.165) is 0 Å². The molecule has 0 aromatic carbocycles. The second-order valence-electron chi connectivity index (χ2n) is 1.74. The lowest BCUT2D eigenvalue weighted by Crippen LogP contribution is -2.30. The first-order valence-corrected chi connectivity index (χ1v) is 3.05. The SMILES string of the molecule is CCOC(=O)C(C)(O)S. The number of hydrogen-bond acceptors (Lipinski definition) is 4. The molecule has 0 rings (SSSR count). The highest BCUT2D eigenvalue weighted by Gasteiger charge is 2.26. The molecule has 3 nitrogen and oxygen atoms in total. The van der Waals surface area contributed by atoms with E-state index >= 15 is 0 Å². The second kappa shape index (κ2) is 3.08. The van der Waals surface area contributed by atoms with Crippen LogP contribution < -0.4 is 0 Å². The number of thiol groups is 1. The van der Waals surface area contributed by atoms with Crippen molar-refractivity contribution in [2.24, 2.45) is 0 Å². The Morgan fingerprint density at radius 3 is 2.44 bits per heavy atom. The van der Waals surface area contributed by atoms with Crippen LogP contribution in [-0.4, -0.2) is 22.6 Å². The Kier molecular flexibility index (Phi) is 3.00. The van der Waals surface area contributed by atoms with Gasteiger partial charge in [0.05, 0.1) is 6.61 Å². The van der Waals surface area contributed by atoms with Gasteiger partial charge in [-0.3, -0.25) is 0 Å². The third-order valence-corrected chi connectivity index (χ3v) is 0.845. The van der Waals surface area contributed by atoms with Crippen LogP contribution in [0, 0.1) is 0 Å². The van der Waals surface area contributed by atoms with Crippen LogP contribution in [0.15, 0.2) is 0 Å². The maximum absolute atomic E-state index is 10.5. The topological polar surface area (TPSA) is 46.5 Å². The maximum Gasteiger partial charge on any atom is 0.348 e. The Bertz CT molecular complexity index is 105. The summed E-state index contributed by atoms with van der Waals surface area (Å²) in [6, 6.07) is 0. The van der Waals surface area contributed by atoms with Gasteiger partial charge >= 0.3 is 5.97 Å². The van der Waals surface area contributed by atoms with Crippen molar-refractivity contribution in [3.63, 3.8) is 0 Å². The van der Waals surface area contributed by atoms with Gasteiger partial charge in [-0.25, -0.2) is 4.79 Å². The van der Waals surface area contributed by atoms with Crippen molar-refractivity contribution in [3.8, 4) is 0 Å². The zero-order chi connectivity index (χ0) is 7.49. The molecule has 1 N–H and O–H groups in total.